The van der Waals surface area contributed by atoms with Gasteiger partial charge in [-0.3, -0.25) is 4.79 Å². The first-order valence-corrected chi connectivity index (χ1v) is 6.90. The number of nitrogens with zero attached hydrogens (tertiary/aromatic N) is 1. The number of nitrogens with one attached hydrogen (secondary N) is 1. The van der Waals surface area contributed by atoms with Gasteiger partial charge in [-0.15, -0.1) is 0 Å². The smallest absolute Gasteiger partial charge is 0.317 e. The fourth-order valence-corrected chi connectivity index (χ4v) is 2.18. The van der Waals surface area contributed by atoms with E-state index < -0.39 is 11.9 Å². The average Bonchev–Trinajstić information content (AvgIpc) is 2.28. The van der Waals surface area contributed by atoms with Crippen LogP contribution in [0.3, 0.4) is 0 Å². The highest BCUT2D eigenvalue weighted by atomic mass is 16.4. The van der Waals surface area contributed by atoms with E-state index in [1.54, 1.807) is 0 Å². The summed E-state index contributed by atoms with van der Waals surface area (Å²) in [5, 5.41) is 11.7. The maximum Gasteiger partial charge on any atom is 0.317 e. The van der Waals surface area contributed by atoms with Crippen LogP contribution in [0.1, 0.15) is 45.4 Å². The van der Waals surface area contributed by atoms with Crippen LogP contribution in [0.15, 0.2) is 0 Å². The summed E-state index contributed by atoms with van der Waals surface area (Å²) in [6.45, 7) is 3.62. The predicted octanol–water partition coefficient (Wildman–Crippen LogP) is 2.07. The number of carbonyl (C=O) groups is 2. The predicted molar refractivity (Wildman–Crippen MR) is 69.5 cm³/mol. The number of carbonyl (C=O) groups excluding carboxylic acids is 1. The molecule has 1 heterocycles. The van der Waals surface area contributed by atoms with Gasteiger partial charge in [-0.2, -0.15) is 0 Å². The second-order valence-corrected chi connectivity index (χ2v) is 4.88. The quantitative estimate of drug-likeness (QED) is 0.809. The highest BCUT2D eigenvalue weighted by molar-refractivity contribution is 5.76. The molecule has 0 spiro atoms. The Kier molecular flexibility index (Phi) is 6.54. The minimum atomic E-state index is -0.842. The van der Waals surface area contributed by atoms with Crippen LogP contribution in [0.25, 0.3) is 0 Å². The molecule has 1 fully saturated rings. The van der Waals surface area contributed by atoms with E-state index in [-0.39, 0.29) is 12.6 Å². The number of aliphatic carboxylic acids is 1. The molecule has 1 rings (SSSR count). The van der Waals surface area contributed by atoms with Crippen LogP contribution in [0.5, 0.6) is 0 Å². The third kappa shape index (κ3) is 4.94. The number of urea groups is 1. The zero-order valence-electron chi connectivity index (χ0n) is 11.2. The highest BCUT2D eigenvalue weighted by Crippen LogP contribution is 2.10. The number of carboxylic acid groups (broad SMARTS) is 1. The van der Waals surface area contributed by atoms with Gasteiger partial charge in [-0.1, -0.05) is 26.2 Å². The third-order valence-corrected chi connectivity index (χ3v) is 3.49. The van der Waals surface area contributed by atoms with Crippen molar-refractivity contribution in [3.63, 3.8) is 0 Å². The van der Waals surface area contributed by atoms with Gasteiger partial charge in [0.05, 0.1) is 5.92 Å². The van der Waals surface area contributed by atoms with Gasteiger partial charge in [0, 0.05) is 19.6 Å². The SMILES string of the molecule is CCC(CNC(=O)N1CCCCCCC1)C(=O)O. The lowest BCUT2D eigenvalue weighted by atomic mass is 10.1. The zero-order valence-corrected chi connectivity index (χ0v) is 11.2. The summed E-state index contributed by atoms with van der Waals surface area (Å²) in [5.41, 5.74) is 0. The van der Waals surface area contributed by atoms with Crippen LogP contribution in [-0.2, 0) is 4.79 Å². The van der Waals surface area contributed by atoms with E-state index in [0.717, 1.165) is 25.9 Å². The molecule has 1 saturated heterocycles. The van der Waals surface area contributed by atoms with Gasteiger partial charge in [-0.25, -0.2) is 4.79 Å². The zero-order chi connectivity index (χ0) is 13.4. The number of amides is 2. The molecule has 0 bridgehead atoms. The fourth-order valence-electron chi connectivity index (χ4n) is 2.18. The molecule has 0 radical (unpaired) electrons. The standard InChI is InChI=1S/C13H24N2O3/c1-2-11(12(16)17)10-14-13(18)15-8-6-4-3-5-7-9-15/h11H,2-10H2,1H3,(H,14,18)(H,16,17). The van der Waals surface area contributed by atoms with E-state index >= 15 is 0 Å². The molecule has 104 valence electrons. The van der Waals surface area contributed by atoms with Crippen molar-refractivity contribution in [1.29, 1.82) is 0 Å². The van der Waals surface area contributed by atoms with E-state index in [9.17, 15) is 9.59 Å². The van der Waals surface area contributed by atoms with Crippen molar-refractivity contribution >= 4 is 12.0 Å². The normalized spacial score (nSPS) is 18.6. The van der Waals surface area contributed by atoms with Crippen LogP contribution in [0.4, 0.5) is 4.79 Å². The molecule has 1 atom stereocenters. The lowest BCUT2D eigenvalue weighted by Crippen LogP contribution is -2.44. The van der Waals surface area contributed by atoms with Crippen LogP contribution < -0.4 is 5.32 Å². The summed E-state index contributed by atoms with van der Waals surface area (Å²) < 4.78 is 0. The third-order valence-electron chi connectivity index (χ3n) is 3.49. The lowest BCUT2D eigenvalue weighted by molar-refractivity contribution is -0.141. The fraction of sp³-hybridized carbons (Fsp3) is 0.846. The molecule has 0 aliphatic carbocycles. The van der Waals surface area contributed by atoms with E-state index in [4.69, 9.17) is 5.11 Å². The van der Waals surface area contributed by atoms with E-state index in [1.165, 1.54) is 19.3 Å². The number of likely N-dealkylation sites (tertiary alicyclic amines) is 1. The Labute approximate surface area is 109 Å². The van der Waals surface area contributed by atoms with Crippen molar-refractivity contribution in [2.75, 3.05) is 19.6 Å². The molecule has 2 amide bonds. The summed E-state index contributed by atoms with van der Waals surface area (Å²) >= 11 is 0. The van der Waals surface area contributed by atoms with Crippen molar-refractivity contribution in [2.24, 2.45) is 5.92 Å². The lowest BCUT2D eigenvalue weighted by Gasteiger charge is -2.25. The second-order valence-electron chi connectivity index (χ2n) is 4.88. The first-order valence-electron chi connectivity index (χ1n) is 6.90. The van der Waals surface area contributed by atoms with E-state index in [2.05, 4.69) is 5.32 Å². The van der Waals surface area contributed by atoms with Gasteiger partial charge >= 0.3 is 12.0 Å². The van der Waals surface area contributed by atoms with Gasteiger partial charge in [-0.05, 0) is 19.3 Å². The summed E-state index contributed by atoms with van der Waals surface area (Å²) in [4.78, 5) is 24.6. The van der Waals surface area contributed by atoms with Crippen molar-refractivity contribution in [3.05, 3.63) is 0 Å². The molecule has 18 heavy (non-hydrogen) atoms. The maximum absolute atomic E-state index is 11.9. The van der Waals surface area contributed by atoms with Crippen LogP contribution in [-0.4, -0.2) is 41.6 Å². The molecule has 2 N–H and O–H groups in total. The Morgan fingerprint density at radius 1 is 1.17 bits per heavy atom. The molecule has 1 aliphatic heterocycles. The topological polar surface area (TPSA) is 69.6 Å². The van der Waals surface area contributed by atoms with Gasteiger partial charge in [0.25, 0.3) is 0 Å². The van der Waals surface area contributed by atoms with E-state index in [1.807, 2.05) is 11.8 Å². The molecule has 1 aliphatic rings. The molecule has 0 aromatic rings. The minimum Gasteiger partial charge on any atom is -0.481 e. The summed E-state index contributed by atoms with van der Waals surface area (Å²) in [6.07, 6.45) is 6.24. The molecule has 1 unspecified atom stereocenters. The Bertz CT molecular complexity index is 273. The number of rotatable bonds is 4. The first-order chi connectivity index (χ1) is 8.65. The van der Waals surface area contributed by atoms with Gasteiger partial charge in [0.15, 0.2) is 0 Å². The second kappa shape index (κ2) is 7.95. The van der Waals surface area contributed by atoms with Crippen LogP contribution in [0, 0.1) is 5.92 Å². The highest BCUT2D eigenvalue weighted by Gasteiger charge is 2.19. The Hall–Kier alpha value is -1.26. The van der Waals surface area contributed by atoms with Crippen LogP contribution >= 0.6 is 0 Å². The van der Waals surface area contributed by atoms with Gasteiger partial charge in [0.1, 0.15) is 0 Å². The summed E-state index contributed by atoms with van der Waals surface area (Å²) in [5.74, 6) is -1.32. The number of hydrogen-bond acceptors (Lipinski definition) is 2. The van der Waals surface area contributed by atoms with Crippen molar-refractivity contribution in [3.8, 4) is 0 Å². The van der Waals surface area contributed by atoms with Crippen molar-refractivity contribution < 1.29 is 14.7 Å². The molecule has 0 saturated carbocycles. The van der Waals surface area contributed by atoms with Gasteiger partial charge in [0.2, 0.25) is 0 Å². The van der Waals surface area contributed by atoms with Crippen molar-refractivity contribution in [2.45, 2.75) is 45.4 Å². The summed E-state index contributed by atoms with van der Waals surface area (Å²) in [7, 11) is 0. The molecule has 0 aromatic heterocycles. The Balaban J connectivity index is 2.35. The van der Waals surface area contributed by atoms with Gasteiger partial charge < -0.3 is 15.3 Å². The van der Waals surface area contributed by atoms with E-state index in [0.29, 0.717) is 6.42 Å². The maximum atomic E-state index is 11.9. The largest absolute Gasteiger partial charge is 0.481 e. The summed E-state index contributed by atoms with van der Waals surface area (Å²) in [6, 6.07) is -0.114. The molecular formula is C13H24N2O3. The number of carboxylic acids is 1. The Morgan fingerprint density at radius 2 is 1.72 bits per heavy atom. The first kappa shape index (κ1) is 14.8. The van der Waals surface area contributed by atoms with Crippen molar-refractivity contribution in [1.82, 2.24) is 10.2 Å². The molecule has 5 heteroatoms. The Morgan fingerprint density at radius 3 is 2.22 bits per heavy atom. The molecule has 5 nitrogen and oxygen atoms in total. The minimum absolute atomic E-state index is 0.114. The average molecular weight is 256 g/mol. The monoisotopic (exact) mass is 256 g/mol. The number of hydrogen-bond donors (Lipinski definition) is 2. The molecular weight excluding hydrogens is 232 g/mol. The molecule has 0 aromatic carbocycles. The van der Waals surface area contributed by atoms with Crippen LogP contribution in [0.2, 0.25) is 0 Å².